The number of rotatable bonds is 7. The molecule has 3 rings (SSSR count). The molecule has 0 saturated carbocycles. The second-order valence-electron chi connectivity index (χ2n) is 6.41. The minimum atomic E-state index is -0.481. The van der Waals surface area contributed by atoms with Crippen molar-refractivity contribution in [2.75, 3.05) is 21.3 Å². The zero-order chi connectivity index (χ0) is 22.2. The van der Waals surface area contributed by atoms with Gasteiger partial charge in [0.1, 0.15) is 0 Å². The van der Waals surface area contributed by atoms with Crippen LogP contribution in [0.3, 0.4) is 0 Å². The Morgan fingerprint density at radius 1 is 0.774 bits per heavy atom. The van der Waals surface area contributed by atoms with Gasteiger partial charge >= 0.3 is 5.97 Å². The van der Waals surface area contributed by atoms with E-state index in [4.69, 9.17) is 18.9 Å². The van der Waals surface area contributed by atoms with Crippen LogP contribution < -0.4 is 18.9 Å². The number of benzene rings is 3. The van der Waals surface area contributed by atoms with E-state index in [9.17, 15) is 10.1 Å². The maximum Gasteiger partial charge on any atom is 0.343 e. The third kappa shape index (κ3) is 5.03. The lowest BCUT2D eigenvalue weighted by Crippen LogP contribution is -2.09. The Hall–Kier alpha value is -4.24. The quantitative estimate of drug-likeness (QED) is 0.234. The summed E-state index contributed by atoms with van der Waals surface area (Å²) >= 11 is 0. The molecule has 0 N–H and O–H groups in total. The summed E-state index contributed by atoms with van der Waals surface area (Å²) in [5.74, 6) is 1.29. The number of allylic oxidation sites excluding steroid dienone is 1. The Morgan fingerprint density at radius 3 is 2.06 bits per heavy atom. The van der Waals surface area contributed by atoms with E-state index in [0.717, 1.165) is 0 Å². The maximum absolute atomic E-state index is 12.3. The van der Waals surface area contributed by atoms with E-state index in [1.54, 1.807) is 73.8 Å². The van der Waals surface area contributed by atoms with Crippen LogP contribution in [0.25, 0.3) is 11.6 Å². The highest BCUT2D eigenvalue weighted by molar-refractivity contribution is 5.92. The Kier molecular flexibility index (Phi) is 6.92. The number of hydrogen-bond acceptors (Lipinski definition) is 6. The zero-order valence-corrected chi connectivity index (χ0v) is 17.4. The van der Waals surface area contributed by atoms with Gasteiger partial charge in [0.25, 0.3) is 0 Å². The second-order valence-corrected chi connectivity index (χ2v) is 6.41. The molecule has 0 unspecified atom stereocenters. The molecule has 0 fully saturated rings. The minimum Gasteiger partial charge on any atom is -0.493 e. The van der Waals surface area contributed by atoms with Gasteiger partial charge in [0.15, 0.2) is 23.0 Å². The Morgan fingerprint density at radius 2 is 1.42 bits per heavy atom. The van der Waals surface area contributed by atoms with Gasteiger partial charge in [0.2, 0.25) is 0 Å². The smallest absolute Gasteiger partial charge is 0.343 e. The number of ether oxygens (including phenoxy) is 4. The first-order valence-corrected chi connectivity index (χ1v) is 9.39. The van der Waals surface area contributed by atoms with Gasteiger partial charge in [-0.15, -0.1) is 0 Å². The van der Waals surface area contributed by atoms with Gasteiger partial charge in [-0.05, 0) is 59.7 Å². The van der Waals surface area contributed by atoms with Crippen LogP contribution in [-0.2, 0) is 0 Å². The van der Waals surface area contributed by atoms with Gasteiger partial charge < -0.3 is 18.9 Å². The van der Waals surface area contributed by atoms with Crippen LogP contribution in [0.1, 0.15) is 21.5 Å². The molecule has 3 aromatic carbocycles. The van der Waals surface area contributed by atoms with Gasteiger partial charge in [-0.25, -0.2) is 4.79 Å². The molecule has 156 valence electrons. The van der Waals surface area contributed by atoms with Gasteiger partial charge in [0.05, 0.1) is 38.5 Å². The lowest BCUT2D eigenvalue weighted by Gasteiger charge is -2.11. The van der Waals surface area contributed by atoms with Crippen LogP contribution in [0.5, 0.6) is 23.0 Å². The van der Waals surface area contributed by atoms with E-state index in [2.05, 4.69) is 6.07 Å². The van der Waals surface area contributed by atoms with Crippen molar-refractivity contribution in [3.63, 3.8) is 0 Å². The van der Waals surface area contributed by atoms with Crippen molar-refractivity contribution in [1.29, 1.82) is 5.26 Å². The zero-order valence-electron chi connectivity index (χ0n) is 17.4. The molecule has 3 aromatic rings. The van der Waals surface area contributed by atoms with Crippen molar-refractivity contribution in [3.05, 3.63) is 83.4 Å². The summed E-state index contributed by atoms with van der Waals surface area (Å²) in [6, 6.07) is 21.2. The lowest BCUT2D eigenvalue weighted by atomic mass is 10.0. The van der Waals surface area contributed by atoms with Crippen LogP contribution >= 0.6 is 0 Å². The van der Waals surface area contributed by atoms with E-state index in [-0.39, 0.29) is 5.75 Å². The SMILES string of the molecule is COc1ccc(/C(C#N)=C\c2ccc(OC(=O)c3ccccc3)c(OC)c2)cc1OC. The minimum absolute atomic E-state index is 0.290. The molecule has 0 atom stereocenters. The highest BCUT2D eigenvalue weighted by Gasteiger charge is 2.13. The van der Waals surface area contributed by atoms with Crippen molar-refractivity contribution in [3.8, 4) is 29.1 Å². The standard InChI is InChI=1S/C25H21NO5/c1-28-21-12-10-19(15-24(21)30-3)20(16-26)13-17-9-11-22(23(14-17)29-2)31-25(27)18-7-5-4-6-8-18/h4-15H,1-3H3/b20-13-. The highest BCUT2D eigenvalue weighted by atomic mass is 16.6. The van der Waals surface area contributed by atoms with Gasteiger partial charge in [-0.3, -0.25) is 0 Å². The Bertz CT molecular complexity index is 1150. The fourth-order valence-corrected chi connectivity index (χ4v) is 2.94. The van der Waals surface area contributed by atoms with Crippen LogP contribution in [0.15, 0.2) is 66.7 Å². The van der Waals surface area contributed by atoms with E-state index in [0.29, 0.717) is 39.5 Å². The predicted molar refractivity (Wildman–Crippen MR) is 117 cm³/mol. The summed E-state index contributed by atoms with van der Waals surface area (Å²) in [6.07, 6.45) is 1.71. The molecule has 0 radical (unpaired) electrons. The normalized spacial score (nSPS) is 10.7. The lowest BCUT2D eigenvalue weighted by molar-refractivity contribution is 0.0729. The van der Waals surface area contributed by atoms with Gasteiger partial charge in [-0.2, -0.15) is 5.26 Å². The second kappa shape index (κ2) is 9.99. The molecule has 0 aliphatic carbocycles. The van der Waals surface area contributed by atoms with E-state index < -0.39 is 5.97 Å². The van der Waals surface area contributed by atoms with E-state index in [1.165, 1.54) is 14.2 Å². The summed E-state index contributed by atoms with van der Waals surface area (Å²) in [7, 11) is 4.58. The average Bonchev–Trinajstić information content (AvgIpc) is 2.83. The summed E-state index contributed by atoms with van der Waals surface area (Å²) in [6.45, 7) is 0. The van der Waals surface area contributed by atoms with Gasteiger partial charge in [-0.1, -0.05) is 24.3 Å². The van der Waals surface area contributed by atoms with E-state index >= 15 is 0 Å². The first-order valence-electron chi connectivity index (χ1n) is 9.39. The number of nitrogens with zero attached hydrogens (tertiary/aromatic N) is 1. The molecule has 6 nitrogen and oxygen atoms in total. The summed E-state index contributed by atoms with van der Waals surface area (Å²) in [5, 5.41) is 9.67. The van der Waals surface area contributed by atoms with Crippen LogP contribution in [0, 0.1) is 11.3 Å². The van der Waals surface area contributed by atoms with Crippen molar-refractivity contribution in [1.82, 2.24) is 0 Å². The number of carbonyl (C=O) groups is 1. The molecule has 6 heteroatoms. The van der Waals surface area contributed by atoms with Crippen molar-refractivity contribution >= 4 is 17.6 Å². The molecule has 31 heavy (non-hydrogen) atoms. The third-order valence-electron chi connectivity index (χ3n) is 4.53. The average molecular weight is 415 g/mol. The topological polar surface area (TPSA) is 77.8 Å². The molecule has 0 aliphatic heterocycles. The van der Waals surface area contributed by atoms with Crippen LogP contribution in [0.4, 0.5) is 0 Å². The number of methoxy groups -OCH3 is 3. The molecule has 0 heterocycles. The number of carbonyl (C=O) groups excluding carboxylic acids is 1. The number of nitriles is 1. The Labute approximate surface area is 180 Å². The number of hydrogen-bond donors (Lipinski definition) is 0. The van der Waals surface area contributed by atoms with Gasteiger partial charge in [0, 0.05) is 0 Å². The van der Waals surface area contributed by atoms with Crippen molar-refractivity contribution in [2.24, 2.45) is 0 Å². The number of esters is 1. The fraction of sp³-hybridized carbons (Fsp3) is 0.120. The maximum atomic E-state index is 12.3. The third-order valence-corrected chi connectivity index (χ3v) is 4.53. The van der Waals surface area contributed by atoms with Crippen LogP contribution in [-0.4, -0.2) is 27.3 Å². The van der Waals surface area contributed by atoms with Crippen LogP contribution in [0.2, 0.25) is 0 Å². The first kappa shape index (κ1) is 21.5. The predicted octanol–water partition coefficient (Wildman–Crippen LogP) is 5.00. The molecule has 0 spiro atoms. The summed E-state index contributed by atoms with van der Waals surface area (Å²) in [4.78, 5) is 12.3. The van der Waals surface area contributed by atoms with Crippen molar-refractivity contribution < 1.29 is 23.7 Å². The monoisotopic (exact) mass is 415 g/mol. The largest absolute Gasteiger partial charge is 0.493 e. The summed E-state index contributed by atoms with van der Waals surface area (Å²) < 4.78 is 21.4. The molecule has 0 aliphatic rings. The van der Waals surface area contributed by atoms with Crippen molar-refractivity contribution in [2.45, 2.75) is 0 Å². The molecule has 0 amide bonds. The first-order chi connectivity index (χ1) is 15.1. The molecule has 0 bridgehead atoms. The molecular weight excluding hydrogens is 394 g/mol. The Balaban J connectivity index is 1.90. The highest BCUT2D eigenvalue weighted by Crippen LogP contribution is 2.33. The molecule has 0 aromatic heterocycles. The fourth-order valence-electron chi connectivity index (χ4n) is 2.94. The van der Waals surface area contributed by atoms with E-state index in [1.807, 2.05) is 6.07 Å². The summed E-state index contributed by atoms with van der Waals surface area (Å²) in [5.41, 5.74) is 2.26. The molecule has 0 saturated heterocycles. The molecular formula is C25H21NO5.